The van der Waals surface area contributed by atoms with Crippen LogP contribution in [0, 0.1) is 3.57 Å². The molecule has 0 aliphatic heterocycles. The van der Waals surface area contributed by atoms with Crippen molar-refractivity contribution in [3.8, 4) is 11.8 Å². The summed E-state index contributed by atoms with van der Waals surface area (Å²) >= 11 is 2.30. The molecule has 0 amide bonds. The smallest absolute Gasteiger partial charge is 0.400 e. The van der Waals surface area contributed by atoms with Crippen LogP contribution in [0.4, 0.5) is 0 Å². The highest BCUT2D eigenvalue weighted by atomic mass is 127. The minimum absolute atomic E-state index is 0.265. The van der Waals surface area contributed by atoms with Crippen LogP contribution in [-0.2, 0) is 0 Å². The van der Waals surface area contributed by atoms with Crippen LogP contribution in [0.1, 0.15) is 0 Å². The summed E-state index contributed by atoms with van der Waals surface area (Å²) in [6, 6.07) is 19.9. The Bertz CT molecular complexity index is 913. The number of hydrogen-bond donors (Lipinski definition) is 0. The van der Waals surface area contributed by atoms with Crippen molar-refractivity contribution < 1.29 is 9.15 Å². The monoisotopic (exact) mass is 387 g/mol. The Hall–Kier alpha value is -2.08. The molecule has 3 nitrogen and oxygen atoms in total. The topological polar surface area (TPSA) is 35.3 Å². The zero-order chi connectivity index (χ0) is 14.2. The average molecular weight is 387 g/mol. The van der Waals surface area contributed by atoms with Crippen molar-refractivity contribution >= 4 is 44.5 Å². The molecule has 0 aliphatic rings. The number of hydrogen-bond acceptors (Lipinski definition) is 3. The lowest BCUT2D eigenvalue weighted by molar-refractivity contribution is 0.343. The molecule has 1 heterocycles. The highest BCUT2D eigenvalue weighted by Gasteiger charge is 2.07. The lowest BCUT2D eigenvalue weighted by atomic mass is 10.1. The summed E-state index contributed by atoms with van der Waals surface area (Å²) in [5, 5.41) is 2.32. The van der Waals surface area contributed by atoms with Crippen LogP contribution in [0.5, 0.6) is 11.8 Å². The molecule has 102 valence electrons. The molecule has 3 aromatic carbocycles. The maximum atomic E-state index is 5.73. The van der Waals surface area contributed by atoms with E-state index in [1.165, 1.54) is 8.96 Å². The van der Waals surface area contributed by atoms with Gasteiger partial charge in [0.2, 0.25) is 0 Å². The van der Waals surface area contributed by atoms with Crippen molar-refractivity contribution in [2.75, 3.05) is 0 Å². The summed E-state index contributed by atoms with van der Waals surface area (Å²) in [7, 11) is 0. The average Bonchev–Trinajstić information content (AvgIpc) is 2.89. The molecule has 1 aromatic heterocycles. The van der Waals surface area contributed by atoms with Crippen molar-refractivity contribution in [3.63, 3.8) is 0 Å². The van der Waals surface area contributed by atoms with Gasteiger partial charge in [0.1, 0.15) is 11.3 Å². The molecule has 4 heteroatoms. The van der Waals surface area contributed by atoms with Gasteiger partial charge in [-0.25, -0.2) is 0 Å². The van der Waals surface area contributed by atoms with Crippen LogP contribution < -0.4 is 4.74 Å². The highest BCUT2D eigenvalue weighted by molar-refractivity contribution is 14.1. The maximum Gasteiger partial charge on any atom is 0.400 e. The van der Waals surface area contributed by atoms with Gasteiger partial charge in [0.05, 0.1) is 0 Å². The first-order chi connectivity index (χ1) is 10.3. The van der Waals surface area contributed by atoms with Crippen LogP contribution in [0.2, 0.25) is 0 Å². The Kier molecular flexibility index (Phi) is 3.03. The molecule has 0 fully saturated rings. The molecule has 0 spiro atoms. The van der Waals surface area contributed by atoms with E-state index < -0.39 is 0 Å². The number of oxazole rings is 1. The molecule has 0 saturated carbocycles. The molecule has 0 atom stereocenters. The Balaban J connectivity index is 1.72. The Morgan fingerprint density at radius 1 is 0.905 bits per heavy atom. The molecule has 0 N–H and O–H groups in total. The molecule has 21 heavy (non-hydrogen) atoms. The lowest BCUT2D eigenvalue weighted by Gasteiger charge is -2.03. The predicted octanol–water partition coefficient (Wildman–Crippen LogP) is 5.38. The van der Waals surface area contributed by atoms with Crippen LogP contribution in [0.15, 0.2) is 65.1 Å². The maximum absolute atomic E-state index is 5.73. The first kappa shape index (κ1) is 12.6. The standard InChI is InChI=1S/C17H10INO2/c18-13-7-5-11-6-8-14(10-12(11)9-13)20-17-19-15-3-1-2-4-16(15)21-17/h1-10H. The number of halogens is 1. The van der Waals surface area contributed by atoms with Gasteiger partial charge in [-0.05, 0) is 69.8 Å². The third-order valence-corrected chi connectivity index (χ3v) is 3.92. The molecule has 0 radical (unpaired) electrons. The molecule has 0 unspecified atom stereocenters. The summed E-state index contributed by atoms with van der Waals surface area (Å²) < 4.78 is 12.5. The molecular weight excluding hydrogens is 377 g/mol. The molecule has 0 saturated heterocycles. The van der Waals surface area contributed by atoms with Crippen LogP contribution in [-0.4, -0.2) is 4.98 Å². The van der Waals surface area contributed by atoms with E-state index in [2.05, 4.69) is 45.8 Å². The summed E-state index contributed by atoms with van der Waals surface area (Å²) in [6.07, 6.45) is 0.265. The van der Waals surface area contributed by atoms with Gasteiger partial charge in [-0.1, -0.05) is 24.3 Å². The van der Waals surface area contributed by atoms with Gasteiger partial charge in [-0.3, -0.25) is 0 Å². The van der Waals surface area contributed by atoms with Crippen LogP contribution >= 0.6 is 22.6 Å². The Morgan fingerprint density at radius 2 is 1.76 bits per heavy atom. The minimum Gasteiger partial charge on any atom is -0.411 e. The van der Waals surface area contributed by atoms with E-state index in [0.717, 1.165) is 22.2 Å². The van der Waals surface area contributed by atoms with Gasteiger partial charge in [0, 0.05) is 3.57 Å². The van der Waals surface area contributed by atoms with E-state index in [1.54, 1.807) is 0 Å². The number of para-hydroxylation sites is 2. The number of aromatic nitrogens is 1. The number of rotatable bonds is 2. The van der Waals surface area contributed by atoms with Crippen molar-refractivity contribution in [2.45, 2.75) is 0 Å². The fraction of sp³-hybridized carbons (Fsp3) is 0. The summed E-state index contributed by atoms with van der Waals surface area (Å²) in [4.78, 5) is 4.32. The van der Waals surface area contributed by atoms with Gasteiger partial charge >= 0.3 is 6.08 Å². The largest absolute Gasteiger partial charge is 0.411 e. The van der Waals surface area contributed by atoms with Crippen LogP contribution in [0.3, 0.4) is 0 Å². The third kappa shape index (κ3) is 2.47. The molecule has 4 rings (SSSR count). The Labute approximate surface area is 134 Å². The summed E-state index contributed by atoms with van der Waals surface area (Å²) in [5.41, 5.74) is 1.52. The van der Waals surface area contributed by atoms with E-state index in [0.29, 0.717) is 0 Å². The second-order valence-corrected chi connectivity index (χ2v) is 5.95. The number of fused-ring (bicyclic) bond motifs is 2. The van der Waals surface area contributed by atoms with Crippen LogP contribution in [0.25, 0.3) is 21.9 Å². The lowest BCUT2D eigenvalue weighted by Crippen LogP contribution is -1.84. The van der Waals surface area contributed by atoms with Gasteiger partial charge in [-0.15, -0.1) is 0 Å². The first-order valence-corrected chi connectivity index (χ1v) is 7.58. The zero-order valence-electron chi connectivity index (χ0n) is 10.9. The molecule has 0 bridgehead atoms. The van der Waals surface area contributed by atoms with E-state index in [1.807, 2.05) is 42.5 Å². The minimum atomic E-state index is 0.265. The van der Waals surface area contributed by atoms with Gasteiger partial charge < -0.3 is 9.15 Å². The number of ether oxygens (including phenoxy) is 1. The normalized spacial score (nSPS) is 11.1. The van der Waals surface area contributed by atoms with E-state index in [-0.39, 0.29) is 6.08 Å². The first-order valence-electron chi connectivity index (χ1n) is 6.51. The van der Waals surface area contributed by atoms with E-state index in [9.17, 15) is 0 Å². The number of nitrogens with zero attached hydrogens (tertiary/aromatic N) is 1. The molecule has 0 aliphatic carbocycles. The second kappa shape index (κ2) is 5.04. The van der Waals surface area contributed by atoms with E-state index >= 15 is 0 Å². The van der Waals surface area contributed by atoms with Gasteiger partial charge in [0.25, 0.3) is 0 Å². The van der Waals surface area contributed by atoms with Crippen molar-refractivity contribution in [1.82, 2.24) is 4.98 Å². The zero-order valence-corrected chi connectivity index (χ0v) is 13.1. The second-order valence-electron chi connectivity index (χ2n) is 4.70. The van der Waals surface area contributed by atoms with Crippen molar-refractivity contribution in [1.29, 1.82) is 0 Å². The summed E-state index contributed by atoms with van der Waals surface area (Å²) in [5.74, 6) is 0.719. The predicted molar refractivity (Wildman–Crippen MR) is 90.7 cm³/mol. The van der Waals surface area contributed by atoms with E-state index in [4.69, 9.17) is 9.15 Å². The summed E-state index contributed by atoms with van der Waals surface area (Å²) in [6.45, 7) is 0. The SMILES string of the molecule is Ic1ccc2ccc(Oc3nc4ccccc4o3)cc2c1. The van der Waals surface area contributed by atoms with Gasteiger partial charge in [0.15, 0.2) is 5.58 Å². The Morgan fingerprint density at radius 3 is 2.67 bits per heavy atom. The fourth-order valence-corrected chi connectivity index (χ4v) is 2.77. The quantitative estimate of drug-likeness (QED) is 0.434. The molecule has 4 aromatic rings. The van der Waals surface area contributed by atoms with Gasteiger partial charge in [-0.2, -0.15) is 4.98 Å². The fourth-order valence-electron chi connectivity index (χ4n) is 2.25. The number of benzene rings is 3. The van der Waals surface area contributed by atoms with Crippen molar-refractivity contribution in [3.05, 3.63) is 64.2 Å². The highest BCUT2D eigenvalue weighted by Crippen LogP contribution is 2.28. The third-order valence-electron chi connectivity index (χ3n) is 3.25. The van der Waals surface area contributed by atoms with Crippen molar-refractivity contribution in [2.24, 2.45) is 0 Å². The molecular formula is C17H10INO2.